The molecule has 0 radical (unpaired) electrons. The highest BCUT2D eigenvalue weighted by molar-refractivity contribution is 7.83. The van der Waals surface area contributed by atoms with E-state index in [0.717, 1.165) is 0 Å². The highest BCUT2D eigenvalue weighted by atomic mass is 32.2. The predicted molar refractivity (Wildman–Crippen MR) is 69.7 cm³/mol. The van der Waals surface area contributed by atoms with Crippen molar-refractivity contribution < 1.29 is 17.8 Å². The van der Waals surface area contributed by atoms with Crippen LogP contribution in [-0.2, 0) is 22.3 Å². The van der Waals surface area contributed by atoms with Gasteiger partial charge in [-0.2, -0.15) is 0 Å². The fourth-order valence-corrected chi connectivity index (χ4v) is 2.77. The van der Waals surface area contributed by atoms with Gasteiger partial charge in [-0.05, 0) is 25.1 Å². The zero-order valence-corrected chi connectivity index (χ0v) is 11.5. The van der Waals surface area contributed by atoms with Gasteiger partial charge < -0.3 is 9.15 Å². The maximum absolute atomic E-state index is 13.2. The lowest BCUT2D eigenvalue weighted by Gasteiger charge is -2.07. The van der Waals surface area contributed by atoms with Gasteiger partial charge in [-0.15, -0.1) is 0 Å². The van der Waals surface area contributed by atoms with E-state index in [1.54, 1.807) is 13.1 Å². The van der Waals surface area contributed by atoms with Gasteiger partial charge in [0, 0.05) is 16.4 Å². The van der Waals surface area contributed by atoms with Crippen LogP contribution in [0.25, 0.3) is 0 Å². The van der Waals surface area contributed by atoms with E-state index in [1.807, 2.05) is 0 Å². The fourth-order valence-electron chi connectivity index (χ4n) is 1.69. The number of halogens is 1. The summed E-state index contributed by atoms with van der Waals surface area (Å²) < 4.78 is 35.6. The number of aryl methyl sites for hydroxylation is 1. The molecule has 0 spiro atoms. The van der Waals surface area contributed by atoms with E-state index >= 15 is 0 Å². The molecular formula is C13H14FNO3S. The van der Waals surface area contributed by atoms with E-state index in [1.165, 1.54) is 25.3 Å². The SMILES string of the molecule is COc1ccc(F)cc1C[S@](=O)Cc1ncc(C)o1. The average molecular weight is 283 g/mol. The average Bonchev–Trinajstić information content (AvgIpc) is 2.75. The van der Waals surface area contributed by atoms with E-state index in [2.05, 4.69) is 4.98 Å². The molecule has 4 nitrogen and oxygen atoms in total. The van der Waals surface area contributed by atoms with Crippen LogP contribution in [0.5, 0.6) is 5.75 Å². The normalized spacial score (nSPS) is 12.4. The Bertz CT molecular complexity index is 597. The third-order valence-corrected chi connectivity index (χ3v) is 3.71. The Balaban J connectivity index is 2.08. The van der Waals surface area contributed by atoms with E-state index in [-0.39, 0.29) is 17.3 Å². The monoisotopic (exact) mass is 283 g/mol. The zero-order valence-electron chi connectivity index (χ0n) is 10.7. The van der Waals surface area contributed by atoms with Gasteiger partial charge in [0.05, 0.1) is 19.1 Å². The molecule has 19 heavy (non-hydrogen) atoms. The smallest absolute Gasteiger partial charge is 0.206 e. The highest BCUT2D eigenvalue weighted by Crippen LogP contribution is 2.21. The van der Waals surface area contributed by atoms with E-state index in [9.17, 15) is 8.60 Å². The molecule has 0 fully saturated rings. The zero-order chi connectivity index (χ0) is 13.8. The molecule has 1 heterocycles. The van der Waals surface area contributed by atoms with Gasteiger partial charge in [0.15, 0.2) is 0 Å². The van der Waals surface area contributed by atoms with Crippen LogP contribution < -0.4 is 4.74 Å². The molecule has 0 saturated carbocycles. The molecule has 0 unspecified atom stereocenters. The van der Waals surface area contributed by atoms with Crippen LogP contribution in [0.1, 0.15) is 17.2 Å². The maximum atomic E-state index is 13.2. The molecule has 2 aromatic rings. The second kappa shape index (κ2) is 5.97. The van der Waals surface area contributed by atoms with Crippen LogP contribution >= 0.6 is 0 Å². The summed E-state index contributed by atoms with van der Waals surface area (Å²) in [6.07, 6.45) is 1.58. The second-order valence-electron chi connectivity index (χ2n) is 4.05. The van der Waals surface area contributed by atoms with Crippen molar-refractivity contribution in [3.63, 3.8) is 0 Å². The molecule has 2 rings (SSSR count). The Morgan fingerprint density at radius 1 is 1.42 bits per heavy atom. The summed E-state index contributed by atoms with van der Waals surface area (Å²) in [5, 5.41) is 0. The molecule has 0 amide bonds. The number of oxazole rings is 1. The number of hydrogen-bond acceptors (Lipinski definition) is 4. The third kappa shape index (κ3) is 3.64. The molecule has 0 saturated heterocycles. The van der Waals surface area contributed by atoms with Gasteiger partial charge in [0.2, 0.25) is 5.89 Å². The van der Waals surface area contributed by atoms with E-state index in [4.69, 9.17) is 9.15 Å². The topological polar surface area (TPSA) is 52.3 Å². The lowest BCUT2D eigenvalue weighted by atomic mass is 10.2. The number of nitrogens with zero attached hydrogens (tertiary/aromatic N) is 1. The number of benzene rings is 1. The van der Waals surface area contributed by atoms with Gasteiger partial charge in [-0.1, -0.05) is 0 Å². The van der Waals surface area contributed by atoms with Crippen molar-refractivity contribution in [2.24, 2.45) is 0 Å². The minimum atomic E-state index is -1.23. The molecule has 1 aromatic carbocycles. The minimum absolute atomic E-state index is 0.197. The third-order valence-electron chi connectivity index (χ3n) is 2.51. The Labute approximate surface area is 113 Å². The van der Waals surface area contributed by atoms with Crippen LogP contribution in [0.4, 0.5) is 4.39 Å². The van der Waals surface area contributed by atoms with E-state index < -0.39 is 10.8 Å². The van der Waals surface area contributed by atoms with Gasteiger partial charge in [0.25, 0.3) is 0 Å². The van der Waals surface area contributed by atoms with E-state index in [0.29, 0.717) is 23.0 Å². The van der Waals surface area contributed by atoms with Crippen molar-refractivity contribution in [3.05, 3.63) is 47.4 Å². The first-order valence-corrected chi connectivity index (χ1v) is 7.16. The van der Waals surface area contributed by atoms with Gasteiger partial charge >= 0.3 is 0 Å². The Hall–Kier alpha value is -1.69. The van der Waals surface area contributed by atoms with Gasteiger partial charge in [0.1, 0.15) is 23.1 Å². The summed E-state index contributed by atoms with van der Waals surface area (Å²) in [6.45, 7) is 1.77. The van der Waals surface area contributed by atoms with Crippen molar-refractivity contribution in [1.29, 1.82) is 0 Å². The van der Waals surface area contributed by atoms with Crippen LogP contribution in [0.3, 0.4) is 0 Å². The summed E-state index contributed by atoms with van der Waals surface area (Å²) in [7, 11) is 0.265. The Morgan fingerprint density at radius 3 is 2.84 bits per heavy atom. The lowest BCUT2D eigenvalue weighted by molar-refractivity contribution is 0.410. The van der Waals surface area contributed by atoms with Crippen molar-refractivity contribution in [2.75, 3.05) is 7.11 Å². The molecule has 102 valence electrons. The van der Waals surface area contributed by atoms with Crippen molar-refractivity contribution >= 4 is 10.8 Å². The first-order chi connectivity index (χ1) is 9.08. The molecule has 6 heteroatoms. The number of methoxy groups -OCH3 is 1. The second-order valence-corrected chi connectivity index (χ2v) is 5.51. The Kier molecular flexibility index (Phi) is 4.31. The van der Waals surface area contributed by atoms with Crippen molar-refractivity contribution in [1.82, 2.24) is 4.98 Å². The molecular weight excluding hydrogens is 269 g/mol. The summed E-state index contributed by atoms with van der Waals surface area (Å²) in [5.74, 6) is 1.65. The molecule has 0 aliphatic heterocycles. The lowest BCUT2D eigenvalue weighted by Crippen LogP contribution is -2.02. The van der Waals surface area contributed by atoms with Crippen molar-refractivity contribution in [3.8, 4) is 5.75 Å². The number of ether oxygens (including phenoxy) is 1. The quantitative estimate of drug-likeness (QED) is 0.846. The molecule has 0 aliphatic carbocycles. The Morgan fingerprint density at radius 2 is 2.21 bits per heavy atom. The standard InChI is InChI=1S/C13H14FNO3S/c1-9-6-15-13(18-9)8-19(16)7-10-5-11(14)3-4-12(10)17-2/h3-6H,7-8H2,1-2H3/t19-/m0/s1. The van der Waals surface area contributed by atoms with Crippen LogP contribution in [0.2, 0.25) is 0 Å². The van der Waals surface area contributed by atoms with Crippen LogP contribution in [-0.4, -0.2) is 16.3 Å². The largest absolute Gasteiger partial charge is 0.496 e. The summed E-state index contributed by atoms with van der Waals surface area (Å²) in [5.41, 5.74) is 0.573. The summed E-state index contributed by atoms with van der Waals surface area (Å²) in [4.78, 5) is 3.99. The summed E-state index contributed by atoms with van der Waals surface area (Å²) >= 11 is 0. The number of aromatic nitrogens is 1. The predicted octanol–water partition coefficient (Wildman–Crippen LogP) is 2.58. The number of rotatable bonds is 5. The molecule has 0 aliphatic rings. The van der Waals surface area contributed by atoms with Crippen molar-refractivity contribution in [2.45, 2.75) is 18.4 Å². The molecule has 1 atom stereocenters. The fraction of sp³-hybridized carbons (Fsp3) is 0.308. The number of hydrogen-bond donors (Lipinski definition) is 0. The maximum Gasteiger partial charge on any atom is 0.206 e. The first-order valence-electron chi connectivity index (χ1n) is 5.67. The molecule has 0 bridgehead atoms. The minimum Gasteiger partial charge on any atom is -0.496 e. The summed E-state index contributed by atoms with van der Waals surface area (Å²) in [6, 6.07) is 4.16. The molecule has 0 N–H and O–H groups in total. The van der Waals surface area contributed by atoms with Gasteiger partial charge in [-0.25, -0.2) is 9.37 Å². The highest BCUT2D eigenvalue weighted by Gasteiger charge is 2.12. The van der Waals surface area contributed by atoms with Crippen LogP contribution in [0.15, 0.2) is 28.8 Å². The molecule has 1 aromatic heterocycles. The first kappa shape index (κ1) is 13.7. The van der Waals surface area contributed by atoms with Crippen LogP contribution in [0, 0.1) is 12.7 Å². The van der Waals surface area contributed by atoms with Gasteiger partial charge in [-0.3, -0.25) is 4.21 Å².